The molecule has 0 aliphatic rings. The maximum absolute atomic E-state index is 5.48. The summed E-state index contributed by atoms with van der Waals surface area (Å²) in [6.07, 6.45) is 7.81. The molecule has 0 aromatic heterocycles. The van der Waals surface area contributed by atoms with Crippen molar-refractivity contribution in [2.75, 3.05) is 38.7 Å². The summed E-state index contributed by atoms with van der Waals surface area (Å²) in [5.41, 5.74) is 5.48. The predicted molar refractivity (Wildman–Crippen MR) is 69.5 cm³/mol. The predicted octanol–water partition coefficient (Wildman–Crippen LogP) is 1.56. The molecule has 0 aromatic rings. The lowest BCUT2D eigenvalue weighted by Gasteiger charge is -2.18. The standard InChI is InChI=1S/C9H23N3S2/c1-13-11-7-3-4-8-12(14-2)9-5-6-10/h11H,3-10H2,1-2H3. The van der Waals surface area contributed by atoms with Crippen LogP contribution in [0.3, 0.4) is 0 Å². The summed E-state index contributed by atoms with van der Waals surface area (Å²) < 4.78 is 5.65. The fraction of sp³-hybridized carbons (Fsp3) is 1.00. The lowest BCUT2D eigenvalue weighted by molar-refractivity contribution is 0.446. The molecule has 0 aromatic carbocycles. The van der Waals surface area contributed by atoms with Gasteiger partial charge in [0, 0.05) is 19.6 Å². The highest BCUT2D eigenvalue weighted by Crippen LogP contribution is 2.07. The summed E-state index contributed by atoms with van der Waals surface area (Å²) in [4.78, 5) is 0. The van der Waals surface area contributed by atoms with E-state index < -0.39 is 0 Å². The van der Waals surface area contributed by atoms with Crippen molar-refractivity contribution in [3.63, 3.8) is 0 Å². The van der Waals surface area contributed by atoms with Gasteiger partial charge in [-0.3, -0.25) is 9.03 Å². The minimum absolute atomic E-state index is 0.797. The van der Waals surface area contributed by atoms with Crippen LogP contribution >= 0.6 is 23.9 Å². The molecule has 0 bridgehead atoms. The first-order chi connectivity index (χ1) is 6.85. The van der Waals surface area contributed by atoms with Crippen LogP contribution in [0, 0.1) is 0 Å². The van der Waals surface area contributed by atoms with E-state index in [0.717, 1.165) is 26.1 Å². The van der Waals surface area contributed by atoms with E-state index >= 15 is 0 Å². The van der Waals surface area contributed by atoms with Gasteiger partial charge in [0.1, 0.15) is 0 Å². The Balaban J connectivity index is 3.24. The molecule has 0 fully saturated rings. The molecule has 0 aliphatic heterocycles. The van der Waals surface area contributed by atoms with Crippen LogP contribution < -0.4 is 10.5 Å². The van der Waals surface area contributed by atoms with E-state index in [2.05, 4.69) is 21.5 Å². The lowest BCUT2D eigenvalue weighted by Crippen LogP contribution is -2.21. The minimum atomic E-state index is 0.797. The number of nitrogens with two attached hydrogens (primary N) is 1. The molecule has 3 nitrogen and oxygen atoms in total. The fourth-order valence-electron chi connectivity index (χ4n) is 1.15. The normalized spacial score (nSPS) is 11.1. The molecule has 0 aliphatic carbocycles. The Morgan fingerprint density at radius 1 is 1.14 bits per heavy atom. The summed E-state index contributed by atoms with van der Waals surface area (Å²) in [5, 5.41) is 0. The van der Waals surface area contributed by atoms with Crippen LogP contribution in [0.1, 0.15) is 19.3 Å². The molecular weight excluding hydrogens is 214 g/mol. The average molecular weight is 237 g/mol. The van der Waals surface area contributed by atoms with Crippen LogP contribution in [0.2, 0.25) is 0 Å². The van der Waals surface area contributed by atoms with Crippen molar-refractivity contribution in [2.24, 2.45) is 5.73 Å². The molecule has 14 heavy (non-hydrogen) atoms. The maximum Gasteiger partial charge on any atom is 0.0101 e. The van der Waals surface area contributed by atoms with Gasteiger partial charge >= 0.3 is 0 Å². The highest BCUT2D eigenvalue weighted by atomic mass is 32.2. The molecule has 0 saturated carbocycles. The van der Waals surface area contributed by atoms with Gasteiger partial charge in [-0.2, -0.15) is 0 Å². The molecule has 0 spiro atoms. The molecule has 0 saturated heterocycles. The van der Waals surface area contributed by atoms with Gasteiger partial charge < -0.3 is 5.73 Å². The number of rotatable bonds is 10. The van der Waals surface area contributed by atoms with E-state index in [4.69, 9.17) is 5.73 Å². The molecule has 0 radical (unpaired) electrons. The Morgan fingerprint density at radius 3 is 2.43 bits per heavy atom. The summed E-state index contributed by atoms with van der Waals surface area (Å²) in [6, 6.07) is 0. The zero-order valence-electron chi connectivity index (χ0n) is 9.29. The van der Waals surface area contributed by atoms with Crippen molar-refractivity contribution in [2.45, 2.75) is 19.3 Å². The Morgan fingerprint density at radius 2 is 1.86 bits per heavy atom. The van der Waals surface area contributed by atoms with Gasteiger partial charge in [0.2, 0.25) is 0 Å². The number of hydrogen-bond donors (Lipinski definition) is 2. The van der Waals surface area contributed by atoms with Crippen LogP contribution in [-0.4, -0.2) is 43.0 Å². The van der Waals surface area contributed by atoms with E-state index in [0.29, 0.717) is 0 Å². The zero-order chi connectivity index (χ0) is 10.6. The SMILES string of the molecule is CSNCCCCN(CCCN)SC. The van der Waals surface area contributed by atoms with E-state index in [-0.39, 0.29) is 0 Å². The maximum atomic E-state index is 5.48. The molecule has 3 N–H and O–H groups in total. The van der Waals surface area contributed by atoms with Crippen LogP contribution in [0.4, 0.5) is 0 Å². The van der Waals surface area contributed by atoms with Gasteiger partial charge in [0.15, 0.2) is 0 Å². The fourth-order valence-corrected chi connectivity index (χ4v) is 2.12. The Labute approximate surface area is 96.8 Å². The topological polar surface area (TPSA) is 41.3 Å². The molecular formula is C9H23N3S2. The van der Waals surface area contributed by atoms with Crippen molar-refractivity contribution in [3.05, 3.63) is 0 Å². The highest BCUT2D eigenvalue weighted by Gasteiger charge is 2.01. The molecule has 0 atom stereocenters. The van der Waals surface area contributed by atoms with Crippen LogP contribution in [0.5, 0.6) is 0 Å². The first kappa shape index (κ1) is 14.6. The van der Waals surface area contributed by atoms with Gasteiger partial charge in [0.05, 0.1) is 0 Å². The molecule has 0 rings (SSSR count). The largest absolute Gasteiger partial charge is 0.330 e. The number of hydrogen-bond acceptors (Lipinski definition) is 5. The Bertz CT molecular complexity index is 114. The van der Waals surface area contributed by atoms with Crippen molar-refractivity contribution in [1.29, 1.82) is 0 Å². The summed E-state index contributed by atoms with van der Waals surface area (Å²) >= 11 is 3.52. The highest BCUT2D eigenvalue weighted by molar-refractivity contribution is 7.96. The summed E-state index contributed by atoms with van der Waals surface area (Å²) in [7, 11) is 0. The van der Waals surface area contributed by atoms with Gasteiger partial charge in [0.25, 0.3) is 0 Å². The minimum Gasteiger partial charge on any atom is -0.330 e. The first-order valence-corrected chi connectivity index (χ1v) is 7.50. The third-order valence-corrected chi connectivity index (χ3v) is 3.32. The number of unbranched alkanes of at least 4 members (excludes halogenated alkanes) is 1. The van der Waals surface area contributed by atoms with Gasteiger partial charge in [-0.1, -0.05) is 23.9 Å². The van der Waals surface area contributed by atoms with Gasteiger partial charge in [-0.25, -0.2) is 0 Å². The van der Waals surface area contributed by atoms with E-state index in [1.54, 1.807) is 11.9 Å². The summed E-state index contributed by atoms with van der Waals surface area (Å²) in [5.74, 6) is 0. The van der Waals surface area contributed by atoms with Crippen LogP contribution in [0.15, 0.2) is 0 Å². The quantitative estimate of drug-likeness (QED) is 0.446. The van der Waals surface area contributed by atoms with Crippen LogP contribution in [-0.2, 0) is 0 Å². The van der Waals surface area contributed by atoms with Crippen LogP contribution in [0.25, 0.3) is 0 Å². The third kappa shape index (κ3) is 9.15. The first-order valence-electron chi connectivity index (χ1n) is 5.10. The molecule has 86 valence electrons. The number of nitrogens with zero attached hydrogens (tertiary/aromatic N) is 1. The second-order valence-electron chi connectivity index (χ2n) is 3.06. The molecule has 0 unspecified atom stereocenters. The molecule has 0 heterocycles. The third-order valence-electron chi connectivity index (χ3n) is 1.95. The van der Waals surface area contributed by atoms with E-state index in [9.17, 15) is 0 Å². The lowest BCUT2D eigenvalue weighted by atomic mass is 10.3. The monoisotopic (exact) mass is 237 g/mol. The second-order valence-corrected chi connectivity index (χ2v) is 4.64. The Hall–Kier alpha value is 0.580. The van der Waals surface area contributed by atoms with Crippen molar-refractivity contribution in [1.82, 2.24) is 9.03 Å². The van der Waals surface area contributed by atoms with E-state index in [1.807, 2.05) is 11.9 Å². The molecule has 5 heteroatoms. The summed E-state index contributed by atoms with van der Waals surface area (Å²) in [6.45, 7) is 4.20. The van der Waals surface area contributed by atoms with Gasteiger partial charge in [-0.15, -0.1) is 0 Å². The Kier molecular flexibility index (Phi) is 12.1. The van der Waals surface area contributed by atoms with E-state index in [1.165, 1.54) is 19.4 Å². The average Bonchev–Trinajstić information content (AvgIpc) is 2.22. The van der Waals surface area contributed by atoms with Crippen molar-refractivity contribution < 1.29 is 0 Å². The zero-order valence-corrected chi connectivity index (χ0v) is 10.9. The van der Waals surface area contributed by atoms with Crippen molar-refractivity contribution in [3.8, 4) is 0 Å². The molecule has 0 amide bonds. The second kappa shape index (κ2) is 11.7. The number of nitrogens with one attached hydrogen (secondary N) is 1. The van der Waals surface area contributed by atoms with Crippen molar-refractivity contribution >= 4 is 23.9 Å². The smallest absolute Gasteiger partial charge is 0.0101 e. The van der Waals surface area contributed by atoms with Gasteiger partial charge in [-0.05, 0) is 38.3 Å².